The predicted molar refractivity (Wildman–Crippen MR) is 70.0 cm³/mol. The summed E-state index contributed by atoms with van der Waals surface area (Å²) in [5.41, 5.74) is 0. The van der Waals surface area contributed by atoms with Gasteiger partial charge in [-0.15, -0.1) is 11.3 Å². The predicted octanol–water partition coefficient (Wildman–Crippen LogP) is 0.340. The van der Waals surface area contributed by atoms with E-state index in [-0.39, 0.29) is 13.0 Å². The van der Waals surface area contributed by atoms with Crippen LogP contribution in [0.2, 0.25) is 0 Å². The maximum atomic E-state index is 11.4. The van der Waals surface area contributed by atoms with Gasteiger partial charge in [0.2, 0.25) is 0 Å². The van der Waals surface area contributed by atoms with Crippen LogP contribution in [0.3, 0.4) is 0 Å². The van der Waals surface area contributed by atoms with E-state index in [2.05, 4.69) is 15.6 Å². The normalized spacial score (nSPS) is 11.9. The average molecular weight is 287 g/mol. The van der Waals surface area contributed by atoms with Gasteiger partial charge in [-0.1, -0.05) is 6.92 Å². The number of urea groups is 1. The zero-order valence-corrected chi connectivity index (χ0v) is 11.4. The summed E-state index contributed by atoms with van der Waals surface area (Å²) in [6.07, 6.45) is 1.21. The van der Waals surface area contributed by atoms with Crippen molar-refractivity contribution in [3.63, 3.8) is 0 Å². The van der Waals surface area contributed by atoms with Crippen LogP contribution < -0.4 is 10.6 Å². The number of hydrogen-bond acceptors (Lipinski definition) is 5. The summed E-state index contributed by atoms with van der Waals surface area (Å²) < 4.78 is 0. The van der Waals surface area contributed by atoms with Gasteiger partial charge in [0.25, 0.3) is 0 Å². The number of rotatable bonds is 7. The minimum atomic E-state index is -1.45. The summed E-state index contributed by atoms with van der Waals surface area (Å²) in [5.74, 6) is -1.29. The lowest BCUT2D eigenvalue weighted by Gasteiger charge is -2.07. The Labute approximate surface area is 114 Å². The van der Waals surface area contributed by atoms with Gasteiger partial charge in [0.1, 0.15) is 5.01 Å². The molecule has 0 bridgehead atoms. The molecule has 0 spiro atoms. The number of amides is 2. The Hall–Kier alpha value is -1.67. The van der Waals surface area contributed by atoms with Crippen LogP contribution in [0.4, 0.5) is 4.79 Å². The molecule has 19 heavy (non-hydrogen) atoms. The van der Waals surface area contributed by atoms with E-state index in [1.54, 1.807) is 6.20 Å². The van der Waals surface area contributed by atoms with Crippen molar-refractivity contribution in [3.05, 3.63) is 16.1 Å². The molecular weight excluding hydrogens is 270 g/mol. The zero-order chi connectivity index (χ0) is 14.3. The van der Waals surface area contributed by atoms with E-state index in [1.165, 1.54) is 11.3 Å². The van der Waals surface area contributed by atoms with E-state index in [1.807, 2.05) is 6.92 Å². The third-order valence-corrected chi connectivity index (χ3v) is 3.48. The first kappa shape index (κ1) is 15.4. The highest BCUT2D eigenvalue weighted by atomic mass is 32.1. The van der Waals surface area contributed by atoms with Crippen LogP contribution in [-0.2, 0) is 17.8 Å². The minimum absolute atomic E-state index is 0.0278. The summed E-state index contributed by atoms with van der Waals surface area (Å²) in [7, 11) is 0. The van der Waals surface area contributed by atoms with Crippen LogP contribution in [0.5, 0.6) is 0 Å². The van der Waals surface area contributed by atoms with Gasteiger partial charge < -0.3 is 20.8 Å². The van der Waals surface area contributed by atoms with Gasteiger partial charge in [0.05, 0.1) is 6.54 Å². The van der Waals surface area contributed by atoms with Gasteiger partial charge in [-0.2, -0.15) is 0 Å². The van der Waals surface area contributed by atoms with E-state index in [0.717, 1.165) is 16.3 Å². The second kappa shape index (κ2) is 7.70. The molecule has 0 radical (unpaired) electrons. The largest absolute Gasteiger partial charge is 0.479 e. The molecule has 1 aromatic rings. The second-order valence-corrected chi connectivity index (χ2v) is 5.03. The summed E-state index contributed by atoms with van der Waals surface area (Å²) in [6.45, 7) is 2.46. The topological polar surface area (TPSA) is 112 Å². The molecule has 0 aromatic carbocycles. The number of nitrogens with zero attached hydrogens (tertiary/aromatic N) is 1. The number of aliphatic carboxylic acids is 1. The van der Waals surface area contributed by atoms with Crippen LogP contribution in [0, 0.1) is 0 Å². The number of carboxylic acids is 1. The molecule has 0 saturated heterocycles. The van der Waals surface area contributed by atoms with Gasteiger partial charge in [0.15, 0.2) is 6.10 Å². The number of aliphatic hydroxyl groups is 1. The van der Waals surface area contributed by atoms with Crippen molar-refractivity contribution in [1.29, 1.82) is 0 Å². The van der Waals surface area contributed by atoms with Crippen LogP contribution in [0.15, 0.2) is 6.20 Å². The number of aliphatic hydroxyl groups excluding tert-OH is 1. The number of thiazole rings is 1. The Morgan fingerprint density at radius 3 is 2.79 bits per heavy atom. The smallest absolute Gasteiger partial charge is 0.332 e. The molecule has 0 aliphatic rings. The van der Waals surface area contributed by atoms with E-state index >= 15 is 0 Å². The number of hydrogen-bond donors (Lipinski definition) is 4. The first-order valence-electron chi connectivity index (χ1n) is 5.89. The van der Waals surface area contributed by atoms with E-state index in [9.17, 15) is 9.59 Å². The molecule has 106 valence electrons. The van der Waals surface area contributed by atoms with Crippen molar-refractivity contribution in [2.75, 3.05) is 6.54 Å². The molecule has 0 aliphatic heterocycles. The molecular formula is C11H17N3O4S. The SMILES string of the molecule is CCc1cnc(CNC(=O)NCCC(O)C(=O)O)s1. The lowest BCUT2D eigenvalue weighted by Crippen LogP contribution is -2.37. The highest BCUT2D eigenvalue weighted by Gasteiger charge is 2.12. The quantitative estimate of drug-likeness (QED) is 0.578. The van der Waals surface area contributed by atoms with Crippen LogP contribution in [0.25, 0.3) is 0 Å². The number of carbonyl (C=O) groups excluding carboxylic acids is 1. The van der Waals surface area contributed by atoms with Gasteiger partial charge in [-0.05, 0) is 6.42 Å². The molecule has 0 fully saturated rings. The molecule has 7 nitrogen and oxygen atoms in total. The third-order valence-electron chi connectivity index (χ3n) is 2.34. The number of carboxylic acid groups (broad SMARTS) is 1. The zero-order valence-electron chi connectivity index (χ0n) is 10.5. The average Bonchev–Trinajstić information content (AvgIpc) is 2.84. The Kier molecular flexibility index (Phi) is 6.23. The van der Waals surface area contributed by atoms with Crippen molar-refractivity contribution in [3.8, 4) is 0 Å². The van der Waals surface area contributed by atoms with Crippen molar-refractivity contribution in [1.82, 2.24) is 15.6 Å². The number of carbonyl (C=O) groups is 2. The maximum Gasteiger partial charge on any atom is 0.332 e. The standard InChI is InChI=1S/C11H17N3O4S/c1-2-7-5-13-9(19-7)6-14-11(18)12-4-3-8(15)10(16)17/h5,8,15H,2-4,6H2,1H3,(H,16,17)(H2,12,14,18). The van der Waals surface area contributed by atoms with Crippen LogP contribution in [0.1, 0.15) is 23.2 Å². The molecule has 4 N–H and O–H groups in total. The summed E-state index contributed by atoms with van der Waals surface area (Å²) in [5, 5.41) is 23.3. The minimum Gasteiger partial charge on any atom is -0.479 e. The third kappa shape index (κ3) is 5.66. The molecule has 2 amide bonds. The fourth-order valence-corrected chi connectivity index (χ4v) is 2.06. The van der Waals surface area contributed by atoms with Gasteiger partial charge in [0, 0.05) is 24.0 Å². The van der Waals surface area contributed by atoms with E-state index < -0.39 is 18.1 Å². The molecule has 1 atom stereocenters. The van der Waals surface area contributed by atoms with Crippen molar-refractivity contribution in [2.45, 2.75) is 32.4 Å². The number of aromatic nitrogens is 1. The molecule has 0 saturated carbocycles. The molecule has 0 aliphatic carbocycles. The maximum absolute atomic E-state index is 11.4. The van der Waals surface area contributed by atoms with Gasteiger partial charge >= 0.3 is 12.0 Å². The highest BCUT2D eigenvalue weighted by molar-refractivity contribution is 7.11. The number of aryl methyl sites for hydroxylation is 1. The monoisotopic (exact) mass is 287 g/mol. The Bertz CT molecular complexity index is 435. The van der Waals surface area contributed by atoms with Gasteiger partial charge in [-0.3, -0.25) is 0 Å². The second-order valence-electron chi connectivity index (χ2n) is 3.83. The summed E-state index contributed by atoms with van der Waals surface area (Å²) >= 11 is 1.54. The molecule has 8 heteroatoms. The fraction of sp³-hybridized carbons (Fsp3) is 0.545. The lowest BCUT2D eigenvalue weighted by atomic mass is 10.2. The first-order valence-corrected chi connectivity index (χ1v) is 6.70. The lowest BCUT2D eigenvalue weighted by molar-refractivity contribution is -0.146. The van der Waals surface area contributed by atoms with Crippen LogP contribution >= 0.6 is 11.3 Å². The van der Waals surface area contributed by atoms with E-state index in [4.69, 9.17) is 10.2 Å². The molecule has 1 unspecified atom stereocenters. The highest BCUT2D eigenvalue weighted by Crippen LogP contribution is 2.12. The Morgan fingerprint density at radius 1 is 1.47 bits per heavy atom. The van der Waals surface area contributed by atoms with E-state index in [0.29, 0.717) is 6.54 Å². The van der Waals surface area contributed by atoms with Crippen molar-refractivity contribution < 1.29 is 19.8 Å². The fourth-order valence-electron chi connectivity index (χ4n) is 1.26. The van der Waals surface area contributed by atoms with Crippen molar-refractivity contribution in [2.24, 2.45) is 0 Å². The summed E-state index contributed by atoms with van der Waals surface area (Å²) in [4.78, 5) is 27.0. The first-order chi connectivity index (χ1) is 9.02. The van der Waals surface area contributed by atoms with Crippen LogP contribution in [-0.4, -0.2) is 39.8 Å². The van der Waals surface area contributed by atoms with Gasteiger partial charge in [-0.25, -0.2) is 14.6 Å². The summed E-state index contributed by atoms with van der Waals surface area (Å²) in [6, 6.07) is -0.411. The van der Waals surface area contributed by atoms with Crippen molar-refractivity contribution >= 4 is 23.3 Å². The molecule has 1 aromatic heterocycles. The molecule has 1 heterocycles. The number of nitrogens with one attached hydrogen (secondary N) is 2. The Balaban J connectivity index is 2.19. The Morgan fingerprint density at radius 2 is 2.21 bits per heavy atom. The molecule has 1 rings (SSSR count).